The van der Waals surface area contributed by atoms with Gasteiger partial charge in [0.15, 0.2) is 0 Å². The Morgan fingerprint density at radius 1 is 1.30 bits per heavy atom. The fraction of sp³-hybridized carbons (Fsp3) is 0.462. The number of rotatable bonds is 7. The van der Waals surface area contributed by atoms with E-state index in [1.54, 1.807) is 24.1 Å². The summed E-state index contributed by atoms with van der Waals surface area (Å²) < 4.78 is 10.2. The molecule has 0 saturated carbocycles. The molecule has 1 aromatic heterocycles. The van der Waals surface area contributed by atoms with Crippen molar-refractivity contribution >= 4 is 27.8 Å². The zero-order chi connectivity index (χ0) is 15.0. The van der Waals surface area contributed by atoms with Crippen LogP contribution >= 0.6 is 15.9 Å². The summed E-state index contributed by atoms with van der Waals surface area (Å²) in [5.41, 5.74) is 0.467. The van der Waals surface area contributed by atoms with Crippen LogP contribution in [-0.2, 0) is 14.3 Å². The average Bonchev–Trinajstić information content (AvgIpc) is 2.47. The lowest BCUT2D eigenvalue weighted by Crippen LogP contribution is -2.35. The second-order valence-electron chi connectivity index (χ2n) is 3.98. The standard InChI is InChI=1S/C13H17BrN2O4/c1-19-8-7-16(6-5-12(17)20-2)13(18)10-3-4-11(14)15-9-10/h3-4,9H,5-8H2,1-2H3. The smallest absolute Gasteiger partial charge is 0.307 e. The Morgan fingerprint density at radius 2 is 2.05 bits per heavy atom. The van der Waals surface area contributed by atoms with E-state index < -0.39 is 0 Å². The largest absolute Gasteiger partial charge is 0.469 e. The van der Waals surface area contributed by atoms with Crippen molar-refractivity contribution in [3.8, 4) is 0 Å². The number of nitrogens with zero attached hydrogens (tertiary/aromatic N) is 2. The van der Waals surface area contributed by atoms with Crippen molar-refractivity contribution in [3.05, 3.63) is 28.5 Å². The van der Waals surface area contributed by atoms with E-state index in [0.29, 0.717) is 23.3 Å². The highest BCUT2D eigenvalue weighted by atomic mass is 79.9. The SMILES string of the molecule is COCCN(CCC(=O)OC)C(=O)c1ccc(Br)nc1. The molecule has 0 saturated heterocycles. The Bertz CT molecular complexity index is 450. The summed E-state index contributed by atoms with van der Waals surface area (Å²) in [6.45, 7) is 1.09. The number of amides is 1. The van der Waals surface area contributed by atoms with Crippen molar-refractivity contribution in [2.24, 2.45) is 0 Å². The predicted octanol–water partition coefficient (Wildman–Crippen LogP) is 1.50. The Labute approximate surface area is 126 Å². The number of hydrogen-bond acceptors (Lipinski definition) is 5. The third-order valence-corrected chi connectivity index (χ3v) is 3.11. The molecular weight excluding hydrogens is 328 g/mol. The minimum Gasteiger partial charge on any atom is -0.469 e. The first-order valence-electron chi connectivity index (χ1n) is 6.05. The van der Waals surface area contributed by atoms with E-state index in [-0.39, 0.29) is 24.8 Å². The van der Waals surface area contributed by atoms with Crippen LogP contribution in [0.3, 0.4) is 0 Å². The monoisotopic (exact) mass is 344 g/mol. The third kappa shape index (κ3) is 5.26. The summed E-state index contributed by atoms with van der Waals surface area (Å²) in [7, 11) is 2.88. The molecule has 0 radical (unpaired) electrons. The van der Waals surface area contributed by atoms with E-state index in [0.717, 1.165) is 0 Å². The lowest BCUT2D eigenvalue weighted by Gasteiger charge is -2.21. The fourth-order valence-corrected chi connectivity index (χ4v) is 1.76. The summed E-state index contributed by atoms with van der Waals surface area (Å²) in [4.78, 5) is 29.1. The van der Waals surface area contributed by atoms with Crippen LogP contribution in [0.5, 0.6) is 0 Å². The van der Waals surface area contributed by atoms with Gasteiger partial charge in [-0.15, -0.1) is 0 Å². The summed E-state index contributed by atoms with van der Waals surface area (Å²) in [6.07, 6.45) is 1.64. The lowest BCUT2D eigenvalue weighted by atomic mass is 10.2. The van der Waals surface area contributed by atoms with Gasteiger partial charge in [-0.1, -0.05) is 0 Å². The molecule has 7 heteroatoms. The molecule has 0 aliphatic rings. The Kier molecular flexibility index (Phi) is 7.17. The second-order valence-corrected chi connectivity index (χ2v) is 4.79. The van der Waals surface area contributed by atoms with Gasteiger partial charge in [-0.05, 0) is 28.1 Å². The molecule has 20 heavy (non-hydrogen) atoms. The highest BCUT2D eigenvalue weighted by Gasteiger charge is 2.17. The van der Waals surface area contributed by atoms with Gasteiger partial charge in [-0.2, -0.15) is 0 Å². The number of carbonyl (C=O) groups excluding carboxylic acids is 2. The first kappa shape index (κ1) is 16.6. The zero-order valence-electron chi connectivity index (χ0n) is 11.5. The Hall–Kier alpha value is -1.47. The van der Waals surface area contributed by atoms with E-state index in [9.17, 15) is 9.59 Å². The van der Waals surface area contributed by atoms with E-state index in [1.807, 2.05) is 0 Å². The summed E-state index contributed by atoms with van der Waals surface area (Å²) >= 11 is 3.22. The van der Waals surface area contributed by atoms with Crippen LogP contribution in [0, 0.1) is 0 Å². The second kappa shape index (κ2) is 8.65. The maximum Gasteiger partial charge on any atom is 0.307 e. The molecular formula is C13H17BrN2O4. The normalized spacial score (nSPS) is 10.2. The van der Waals surface area contributed by atoms with Gasteiger partial charge < -0.3 is 14.4 Å². The molecule has 0 aromatic carbocycles. The molecule has 1 heterocycles. The van der Waals surface area contributed by atoms with E-state index in [4.69, 9.17) is 4.74 Å². The number of aromatic nitrogens is 1. The number of ether oxygens (including phenoxy) is 2. The van der Waals surface area contributed by atoms with Crippen LogP contribution in [0.25, 0.3) is 0 Å². The van der Waals surface area contributed by atoms with Gasteiger partial charge in [-0.3, -0.25) is 9.59 Å². The molecule has 0 spiro atoms. The minimum atomic E-state index is -0.353. The molecule has 1 amide bonds. The maximum absolute atomic E-state index is 12.3. The van der Waals surface area contributed by atoms with E-state index >= 15 is 0 Å². The van der Waals surface area contributed by atoms with Crippen LogP contribution in [-0.4, -0.2) is 55.7 Å². The van der Waals surface area contributed by atoms with Crippen molar-refractivity contribution in [3.63, 3.8) is 0 Å². The first-order chi connectivity index (χ1) is 9.58. The zero-order valence-corrected chi connectivity index (χ0v) is 13.1. The van der Waals surface area contributed by atoms with Crippen LogP contribution in [0.2, 0.25) is 0 Å². The molecule has 0 aliphatic heterocycles. The van der Waals surface area contributed by atoms with Crippen molar-refractivity contribution in [1.29, 1.82) is 0 Å². The molecule has 1 rings (SSSR count). The number of pyridine rings is 1. The van der Waals surface area contributed by atoms with Crippen molar-refractivity contribution in [2.45, 2.75) is 6.42 Å². The lowest BCUT2D eigenvalue weighted by molar-refractivity contribution is -0.140. The Morgan fingerprint density at radius 3 is 2.60 bits per heavy atom. The molecule has 0 unspecified atom stereocenters. The molecule has 1 aromatic rings. The molecule has 0 aliphatic carbocycles. The summed E-state index contributed by atoms with van der Waals surface area (Å²) in [6, 6.07) is 3.37. The molecule has 0 bridgehead atoms. The Balaban J connectivity index is 2.72. The molecule has 0 atom stereocenters. The summed E-state index contributed by atoms with van der Waals surface area (Å²) in [5.74, 6) is -0.542. The number of halogens is 1. The first-order valence-corrected chi connectivity index (χ1v) is 6.84. The van der Waals surface area contributed by atoms with E-state index in [2.05, 4.69) is 25.7 Å². The van der Waals surface area contributed by atoms with Crippen LogP contribution < -0.4 is 0 Å². The molecule has 0 N–H and O–H groups in total. The molecule has 0 fully saturated rings. The van der Waals surface area contributed by atoms with Crippen LogP contribution in [0.4, 0.5) is 0 Å². The highest BCUT2D eigenvalue weighted by Crippen LogP contribution is 2.09. The van der Waals surface area contributed by atoms with Crippen molar-refractivity contribution in [1.82, 2.24) is 9.88 Å². The quantitative estimate of drug-likeness (QED) is 0.553. The van der Waals surface area contributed by atoms with Crippen molar-refractivity contribution < 1.29 is 19.1 Å². The molecule has 6 nitrogen and oxygen atoms in total. The van der Waals surface area contributed by atoms with Gasteiger partial charge in [-0.25, -0.2) is 4.98 Å². The van der Waals surface area contributed by atoms with Crippen LogP contribution in [0.1, 0.15) is 16.8 Å². The van der Waals surface area contributed by atoms with Gasteiger partial charge in [0.2, 0.25) is 0 Å². The minimum absolute atomic E-state index is 0.149. The number of carbonyl (C=O) groups is 2. The van der Waals surface area contributed by atoms with Gasteiger partial charge in [0.05, 0.1) is 25.7 Å². The third-order valence-electron chi connectivity index (χ3n) is 2.64. The fourth-order valence-electron chi connectivity index (χ4n) is 1.53. The van der Waals surface area contributed by atoms with Gasteiger partial charge >= 0.3 is 5.97 Å². The van der Waals surface area contributed by atoms with Gasteiger partial charge in [0.25, 0.3) is 5.91 Å². The van der Waals surface area contributed by atoms with E-state index in [1.165, 1.54) is 13.3 Å². The average molecular weight is 345 g/mol. The highest BCUT2D eigenvalue weighted by molar-refractivity contribution is 9.10. The number of methoxy groups -OCH3 is 2. The van der Waals surface area contributed by atoms with Crippen molar-refractivity contribution in [2.75, 3.05) is 33.9 Å². The number of esters is 1. The van der Waals surface area contributed by atoms with Crippen LogP contribution in [0.15, 0.2) is 22.9 Å². The summed E-state index contributed by atoms with van der Waals surface area (Å²) in [5, 5.41) is 0. The van der Waals surface area contributed by atoms with Gasteiger partial charge in [0.1, 0.15) is 4.60 Å². The number of hydrogen-bond donors (Lipinski definition) is 0. The topological polar surface area (TPSA) is 68.7 Å². The predicted molar refractivity (Wildman–Crippen MR) is 76.3 cm³/mol. The van der Waals surface area contributed by atoms with Gasteiger partial charge in [0, 0.05) is 26.4 Å². The maximum atomic E-state index is 12.3. The molecule has 110 valence electrons.